The Labute approximate surface area is 156 Å². The summed E-state index contributed by atoms with van der Waals surface area (Å²) in [6.45, 7) is 11.2. The molecule has 1 aromatic rings. The molecule has 2 fully saturated rings. The summed E-state index contributed by atoms with van der Waals surface area (Å²) < 4.78 is 18.4. The van der Waals surface area contributed by atoms with Crippen molar-refractivity contribution in [1.82, 2.24) is 0 Å². The third-order valence-corrected chi connectivity index (χ3v) is 6.07. The van der Waals surface area contributed by atoms with Gasteiger partial charge in [0.05, 0.1) is 19.3 Å². The molecule has 0 bridgehead atoms. The highest BCUT2D eigenvalue weighted by molar-refractivity contribution is 5.39. The van der Waals surface area contributed by atoms with E-state index < -0.39 is 0 Å². The molecule has 4 nitrogen and oxygen atoms in total. The first-order chi connectivity index (χ1) is 12.5. The maximum absolute atomic E-state index is 6.64. The van der Waals surface area contributed by atoms with Crippen LogP contribution in [0.2, 0.25) is 0 Å². The number of fused-ring (bicyclic) bond motifs is 3. The van der Waals surface area contributed by atoms with Crippen molar-refractivity contribution < 1.29 is 19.1 Å². The highest BCUT2D eigenvalue weighted by Crippen LogP contribution is 2.52. The molecule has 2 saturated heterocycles. The predicted molar refractivity (Wildman–Crippen MR) is 100 cm³/mol. The van der Waals surface area contributed by atoms with Gasteiger partial charge in [0, 0.05) is 11.5 Å². The third-order valence-electron chi connectivity index (χ3n) is 6.07. The molecule has 26 heavy (non-hydrogen) atoms. The fourth-order valence-corrected chi connectivity index (χ4v) is 4.45. The van der Waals surface area contributed by atoms with Crippen molar-refractivity contribution in [3.63, 3.8) is 0 Å². The van der Waals surface area contributed by atoms with Crippen LogP contribution in [-0.4, -0.2) is 44.1 Å². The molecule has 3 aliphatic heterocycles. The van der Waals surface area contributed by atoms with E-state index in [4.69, 9.17) is 14.2 Å². The van der Waals surface area contributed by atoms with E-state index in [1.165, 1.54) is 10.5 Å². The van der Waals surface area contributed by atoms with Crippen molar-refractivity contribution in [3.8, 4) is 17.6 Å². The van der Waals surface area contributed by atoms with Gasteiger partial charge in [0.25, 0.3) is 0 Å². The number of ether oxygens (including phenoxy) is 3. The first kappa shape index (κ1) is 17.9. The van der Waals surface area contributed by atoms with Crippen molar-refractivity contribution in [2.75, 3.05) is 32.8 Å². The minimum absolute atomic E-state index is 0.0544. The first-order valence-electron chi connectivity index (χ1n) is 9.84. The van der Waals surface area contributed by atoms with E-state index in [-0.39, 0.29) is 17.3 Å². The Kier molecular flexibility index (Phi) is 4.73. The number of hydrogen-bond acceptors (Lipinski definition) is 3. The van der Waals surface area contributed by atoms with Crippen molar-refractivity contribution in [2.24, 2.45) is 5.92 Å². The Hall–Kier alpha value is -1.54. The number of rotatable bonds is 1. The molecule has 0 spiro atoms. The van der Waals surface area contributed by atoms with Crippen LogP contribution in [0.5, 0.6) is 5.75 Å². The van der Waals surface area contributed by atoms with Crippen LogP contribution in [0.1, 0.15) is 45.3 Å². The molecule has 4 rings (SSSR count). The number of para-hydroxylation sites is 1. The van der Waals surface area contributed by atoms with Gasteiger partial charge in [-0.15, -0.1) is 0 Å². The summed E-state index contributed by atoms with van der Waals surface area (Å²) in [5.41, 5.74) is 0.572. The van der Waals surface area contributed by atoms with Gasteiger partial charge in [-0.3, -0.25) is 0 Å². The maximum Gasteiger partial charge on any atom is 0.139 e. The lowest BCUT2D eigenvalue weighted by molar-refractivity contribution is -0.900. The number of hydrogen-bond donors (Lipinski definition) is 1. The molecule has 0 amide bonds. The molecule has 0 saturated carbocycles. The van der Waals surface area contributed by atoms with E-state index in [1.54, 1.807) is 0 Å². The van der Waals surface area contributed by atoms with Gasteiger partial charge in [-0.05, 0) is 45.6 Å². The molecular formula is C22H30NO3+. The Morgan fingerprint density at radius 3 is 2.73 bits per heavy atom. The topological polar surface area (TPSA) is 32.1 Å². The van der Waals surface area contributed by atoms with Crippen molar-refractivity contribution in [3.05, 3.63) is 29.8 Å². The Bertz CT molecular complexity index is 714. The summed E-state index contributed by atoms with van der Waals surface area (Å²) in [5, 5.41) is 0. The minimum Gasteiger partial charge on any atom is -0.487 e. The molecule has 3 heterocycles. The fourth-order valence-electron chi connectivity index (χ4n) is 4.45. The van der Waals surface area contributed by atoms with Crippen LogP contribution in [0, 0.1) is 17.8 Å². The summed E-state index contributed by atoms with van der Waals surface area (Å²) in [6.07, 6.45) is 2.08. The lowest BCUT2D eigenvalue weighted by Gasteiger charge is -2.50. The molecule has 140 valence electrons. The van der Waals surface area contributed by atoms with E-state index in [9.17, 15) is 0 Å². The monoisotopic (exact) mass is 356 g/mol. The van der Waals surface area contributed by atoms with Crippen LogP contribution < -0.4 is 9.64 Å². The molecule has 0 radical (unpaired) electrons. The van der Waals surface area contributed by atoms with Gasteiger partial charge in [0.1, 0.15) is 36.6 Å². The standard InChI is InChI=1S/C22H29NO3/c1-21(2)18-9-11-22(3,10-6-12-23-13-15-24-16-14-23)26-20(18)17-7-4-5-8-19(17)25-21/h4-5,7-8,18,20H,9,11-16H2,1-3H3/p+1/t18-,20-,22+/m1/s1. The molecule has 0 aliphatic carbocycles. The lowest BCUT2D eigenvalue weighted by atomic mass is 9.73. The van der Waals surface area contributed by atoms with Crippen LogP contribution in [0.25, 0.3) is 0 Å². The summed E-state index contributed by atoms with van der Waals surface area (Å²) in [6, 6.07) is 8.29. The highest BCUT2D eigenvalue weighted by atomic mass is 16.5. The smallest absolute Gasteiger partial charge is 0.139 e. The molecule has 1 aromatic carbocycles. The fraction of sp³-hybridized carbons (Fsp3) is 0.636. The second kappa shape index (κ2) is 6.88. The van der Waals surface area contributed by atoms with Crippen molar-refractivity contribution in [1.29, 1.82) is 0 Å². The predicted octanol–water partition coefficient (Wildman–Crippen LogP) is 2.00. The third kappa shape index (κ3) is 3.49. The SMILES string of the molecule is CC1(C)Oc2ccccc2[C@H]2O[C@@](C)(C#CC[NH+]3CCOCC3)CC[C@H]21. The number of nitrogens with one attached hydrogen (secondary N) is 1. The normalized spacial score (nSPS) is 33.2. The van der Waals surface area contributed by atoms with Gasteiger partial charge in [-0.2, -0.15) is 0 Å². The van der Waals surface area contributed by atoms with Crippen LogP contribution in [-0.2, 0) is 9.47 Å². The van der Waals surface area contributed by atoms with E-state index in [0.717, 1.165) is 51.4 Å². The van der Waals surface area contributed by atoms with E-state index >= 15 is 0 Å². The second-order valence-corrected chi connectivity index (χ2v) is 8.50. The van der Waals surface area contributed by atoms with Gasteiger partial charge in [0.15, 0.2) is 0 Å². The van der Waals surface area contributed by atoms with Crippen LogP contribution >= 0.6 is 0 Å². The summed E-state index contributed by atoms with van der Waals surface area (Å²) in [5.74, 6) is 8.18. The quantitative estimate of drug-likeness (QED) is 0.781. The Morgan fingerprint density at radius 2 is 1.92 bits per heavy atom. The average Bonchev–Trinajstić information content (AvgIpc) is 2.62. The lowest BCUT2D eigenvalue weighted by Crippen LogP contribution is -3.14. The molecule has 0 aromatic heterocycles. The van der Waals surface area contributed by atoms with Crippen LogP contribution in [0.15, 0.2) is 24.3 Å². The molecule has 3 aliphatic rings. The molecule has 1 N–H and O–H groups in total. The molecule has 4 heteroatoms. The largest absolute Gasteiger partial charge is 0.487 e. The molecule has 0 unspecified atom stereocenters. The van der Waals surface area contributed by atoms with Gasteiger partial charge < -0.3 is 19.1 Å². The van der Waals surface area contributed by atoms with Gasteiger partial charge in [0.2, 0.25) is 0 Å². The number of benzene rings is 1. The zero-order valence-corrected chi connectivity index (χ0v) is 16.1. The summed E-state index contributed by atoms with van der Waals surface area (Å²) in [4.78, 5) is 1.51. The number of morpholine rings is 1. The summed E-state index contributed by atoms with van der Waals surface area (Å²) >= 11 is 0. The van der Waals surface area contributed by atoms with Crippen molar-refractivity contribution in [2.45, 2.75) is 50.9 Å². The second-order valence-electron chi connectivity index (χ2n) is 8.50. The van der Waals surface area contributed by atoms with Gasteiger partial charge in [-0.1, -0.05) is 24.1 Å². The Balaban J connectivity index is 1.52. The van der Waals surface area contributed by atoms with Crippen LogP contribution in [0.3, 0.4) is 0 Å². The Morgan fingerprint density at radius 1 is 1.15 bits per heavy atom. The minimum atomic E-state index is -0.382. The van der Waals surface area contributed by atoms with E-state index in [1.807, 2.05) is 6.07 Å². The van der Waals surface area contributed by atoms with Crippen molar-refractivity contribution >= 4 is 0 Å². The maximum atomic E-state index is 6.64. The molecular weight excluding hydrogens is 326 g/mol. The van der Waals surface area contributed by atoms with E-state index in [0.29, 0.717) is 5.92 Å². The zero-order valence-electron chi connectivity index (χ0n) is 16.1. The summed E-state index contributed by atoms with van der Waals surface area (Å²) in [7, 11) is 0. The number of quaternary nitrogens is 1. The van der Waals surface area contributed by atoms with Crippen LogP contribution in [0.4, 0.5) is 0 Å². The van der Waals surface area contributed by atoms with E-state index in [2.05, 4.69) is 50.8 Å². The zero-order chi connectivity index (χ0) is 18.2. The van der Waals surface area contributed by atoms with Gasteiger partial charge in [-0.25, -0.2) is 0 Å². The molecule has 3 atom stereocenters. The average molecular weight is 356 g/mol. The highest BCUT2D eigenvalue weighted by Gasteiger charge is 2.49. The van der Waals surface area contributed by atoms with Gasteiger partial charge >= 0.3 is 0 Å². The first-order valence-corrected chi connectivity index (χ1v) is 9.84.